The molecule has 0 amide bonds. The third-order valence-corrected chi connectivity index (χ3v) is 3.89. The van der Waals surface area contributed by atoms with E-state index in [4.69, 9.17) is 14.2 Å². The molecule has 11 heteroatoms. The van der Waals surface area contributed by atoms with Crippen LogP contribution in [0.1, 0.15) is 0 Å². The summed E-state index contributed by atoms with van der Waals surface area (Å²) in [7, 11) is 0. The van der Waals surface area contributed by atoms with E-state index in [1.165, 1.54) is 0 Å². The van der Waals surface area contributed by atoms with Gasteiger partial charge in [-0.25, -0.2) is 8.78 Å². The van der Waals surface area contributed by atoms with E-state index >= 15 is 0 Å². The third kappa shape index (κ3) is 3.78. The second-order valence-corrected chi connectivity index (χ2v) is 5.49. The first-order chi connectivity index (χ1) is 10.8. The maximum Gasteiger partial charge on any atom is 0.192 e. The van der Waals surface area contributed by atoms with E-state index in [-0.39, 0.29) is 0 Å². The van der Waals surface area contributed by atoms with Crippen LogP contribution in [0.15, 0.2) is 0 Å². The first-order valence-electron chi connectivity index (χ1n) is 6.99. The minimum atomic E-state index is -2.19. The van der Waals surface area contributed by atoms with E-state index in [1.807, 2.05) is 0 Å². The molecular formula is C12H20F2O9. The lowest BCUT2D eigenvalue weighted by Crippen LogP contribution is -2.60. The standard InChI is InChI=1S/C12H20F2O9/c13-1-3-6(15)8(17)5(14)12(23-3)21-2-4-7(16)9(18)10(19)11(20)22-4/h3-12,15-20H,1-2H2/t3-,4-,5+,6-,7-,8-,9+,10+,11+,12+/m1/s1. The second kappa shape index (κ2) is 7.59. The summed E-state index contributed by atoms with van der Waals surface area (Å²) in [6.07, 6.45) is -17.3. The SMILES string of the molecule is O[C@@H]1[C@H](O)[C@@H](O)O[C@H](CO[C@H]2O[C@H](CF)[C@@H](O)[C@H](O)[C@@H]2F)[C@H]1O. The largest absolute Gasteiger partial charge is 0.387 e. The van der Waals surface area contributed by atoms with Crippen molar-refractivity contribution in [2.45, 2.75) is 61.5 Å². The van der Waals surface area contributed by atoms with Crippen molar-refractivity contribution in [3.05, 3.63) is 0 Å². The van der Waals surface area contributed by atoms with Gasteiger partial charge in [0.1, 0.15) is 49.4 Å². The molecule has 0 aliphatic carbocycles. The summed E-state index contributed by atoms with van der Waals surface area (Å²) in [6, 6.07) is 0. The fraction of sp³-hybridized carbons (Fsp3) is 1.00. The van der Waals surface area contributed by atoms with Crippen LogP contribution in [-0.4, -0.2) is 105 Å². The molecule has 23 heavy (non-hydrogen) atoms. The number of hydrogen-bond acceptors (Lipinski definition) is 9. The predicted octanol–water partition coefficient (Wildman–Crippen LogP) is -3.44. The predicted molar refractivity (Wildman–Crippen MR) is 66.4 cm³/mol. The first-order valence-corrected chi connectivity index (χ1v) is 6.99. The Labute approximate surface area is 129 Å². The molecule has 2 heterocycles. The van der Waals surface area contributed by atoms with E-state index in [9.17, 15) is 39.4 Å². The zero-order valence-corrected chi connectivity index (χ0v) is 11.9. The van der Waals surface area contributed by atoms with Crippen LogP contribution in [0, 0.1) is 0 Å². The highest BCUT2D eigenvalue weighted by Gasteiger charge is 2.47. The molecule has 0 spiro atoms. The van der Waals surface area contributed by atoms with Gasteiger partial charge in [0, 0.05) is 0 Å². The number of aliphatic hydroxyl groups excluding tert-OH is 6. The van der Waals surface area contributed by atoms with Crippen molar-refractivity contribution in [1.82, 2.24) is 0 Å². The molecule has 0 bridgehead atoms. The maximum absolute atomic E-state index is 13.8. The fourth-order valence-corrected chi connectivity index (χ4v) is 2.41. The lowest BCUT2D eigenvalue weighted by Gasteiger charge is -2.41. The molecule has 0 aromatic heterocycles. The third-order valence-electron chi connectivity index (χ3n) is 3.89. The summed E-state index contributed by atoms with van der Waals surface area (Å²) in [4.78, 5) is 0. The summed E-state index contributed by atoms with van der Waals surface area (Å²) in [5.74, 6) is 0. The molecule has 6 N–H and O–H groups in total. The molecule has 136 valence electrons. The minimum Gasteiger partial charge on any atom is -0.387 e. The van der Waals surface area contributed by atoms with Crippen molar-refractivity contribution < 1.29 is 53.6 Å². The van der Waals surface area contributed by atoms with Gasteiger partial charge >= 0.3 is 0 Å². The lowest BCUT2D eigenvalue weighted by atomic mass is 9.99. The normalized spacial score (nSPS) is 51.7. The molecule has 2 saturated heterocycles. The van der Waals surface area contributed by atoms with Gasteiger partial charge in [0.2, 0.25) is 0 Å². The van der Waals surface area contributed by atoms with Crippen molar-refractivity contribution in [3.63, 3.8) is 0 Å². The van der Waals surface area contributed by atoms with Crippen molar-refractivity contribution in [2.24, 2.45) is 0 Å². The van der Waals surface area contributed by atoms with E-state index in [1.54, 1.807) is 0 Å². The Kier molecular flexibility index (Phi) is 6.22. The highest BCUT2D eigenvalue weighted by Crippen LogP contribution is 2.26. The van der Waals surface area contributed by atoms with Crippen LogP contribution >= 0.6 is 0 Å². The average Bonchev–Trinajstić information content (AvgIpc) is 2.54. The number of aliphatic hydroxyl groups is 6. The number of alkyl halides is 2. The molecule has 2 rings (SSSR count). The minimum absolute atomic E-state index is 0.588. The molecule has 2 aliphatic rings. The zero-order valence-electron chi connectivity index (χ0n) is 11.9. The number of halogens is 2. The van der Waals surface area contributed by atoms with Crippen LogP contribution in [0.3, 0.4) is 0 Å². The smallest absolute Gasteiger partial charge is 0.192 e. The lowest BCUT2D eigenvalue weighted by molar-refractivity contribution is -0.317. The highest BCUT2D eigenvalue weighted by molar-refractivity contribution is 4.91. The van der Waals surface area contributed by atoms with E-state index in [2.05, 4.69) is 0 Å². The Morgan fingerprint density at radius 2 is 1.39 bits per heavy atom. The second-order valence-electron chi connectivity index (χ2n) is 5.49. The topological polar surface area (TPSA) is 149 Å². The van der Waals surface area contributed by atoms with Crippen molar-refractivity contribution in [2.75, 3.05) is 13.3 Å². The molecule has 0 aromatic carbocycles. The summed E-state index contributed by atoms with van der Waals surface area (Å²) < 4.78 is 41.1. The maximum atomic E-state index is 13.8. The van der Waals surface area contributed by atoms with Crippen molar-refractivity contribution in [3.8, 4) is 0 Å². The van der Waals surface area contributed by atoms with Crippen LogP contribution in [-0.2, 0) is 14.2 Å². The Balaban J connectivity index is 1.94. The van der Waals surface area contributed by atoms with Crippen LogP contribution < -0.4 is 0 Å². The van der Waals surface area contributed by atoms with E-state index in [0.717, 1.165) is 0 Å². The van der Waals surface area contributed by atoms with Crippen LogP contribution in [0.5, 0.6) is 0 Å². The number of hydrogen-bond donors (Lipinski definition) is 6. The Morgan fingerprint density at radius 1 is 0.783 bits per heavy atom. The van der Waals surface area contributed by atoms with E-state index in [0.29, 0.717) is 0 Å². The van der Waals surface area contributed by atoms with Gasteiger partial charge < -0.3 is 44.8 Å². The van der Waals surface area contributed by atoms with Gasteiger partial charge in [-0.1, -0.05) is 0 Å². The molecule has 0 aromatic rings. The van der Waals surface area contributed by atoms with Crippen molar-refractivity contribution in [1.29, 1.82) is 0 Å². The fourth-order valence-electron chi connectivity index (χ4n) is 2.41. The highest BCUT2D eigenvalue weighted by atomic mass is 19.1. The molecule has 2 aliphatic heterocycles. The van der Waals surface area contributed by atoms with Gasteiger partial charge in [0.25, 0.3) is 0 Å². The average molecular weight is 346 g/mol. The quantitative estimate of drug-likeness (QED) is 0.306. The first kappa shape index (κ1) is 18.8. The van der Waals surface area contributed by atoms with E-state index < -0.39 is 74.8 Å². The van der Waals surface area contributed by atoms with Crippen molar-refractivity contribution >= 4 is 0 Å². The van der Waals surface area contributed by atoms with Gasteiger partial charge in [0.05, 0.1) is 6.61 Å². The van der Waals surface area contributed by atoms with Crippen LogP contribution in [0.2, 0.25) is 0 Å². The van der Waals surface area contributed by atoms with Gasteiger partial charge in [-0.3, -0.25) is 0 Å². The number of rotatable bonds is 4. The van der Waals surface area contributed by atoms with Gasteiger partial charge in [-0.15, -0.1) is 0 Å². The Bertz CT molecular complexity index is 388. The zero-order chi connectivity index (χ0) is 17.3. The summed E-state index contributed by atoms with van der Waals surface area (Å²) >= 11 is 0. The number of ether oxygens (including phenoxy) is 3. The molecule has 10 atom stereocenters. The van der Waals surface area contributed by atoms with Gasteiger partial charge in [-0.2, -0.15) is 0 Å². The van der Waals surface area contributed by atoms with Gasteiger partial charge in [-0.05, 0) is 0 Å². The molecule has 0 saturated carbocycles. The molecule has 2 fully saturated rings. The molecule has 0 radical (unpaired) electrons. The van der Waals surface area contributed by atoms with Gasteiger partial charge in [0.15, 0.2) is 18.8 Å². The molecule has 9 nitrogen and oxygen atoms in total. The Hall–Kier alpha value is -0.500. The monoisotopic (exact) mass is 346 g/mol. The summed E-state index contributed by atoms with van der Waals surface area (Å²) in [5.41, 5.74) is 0. The van der Waals surface area contributed by atoms with Crippen LogP contribution in [0.4, 0.5) is 8.78 Å². The molecule has 0 unspecified atom stereocenters. The Morgan fingerprint density at radius 3 is 2.00 bits per heavy atom. The molecular weight excluding hydrogens is 326 g/mol. The summed E-state index contributed by atoms with van der Waals surface area (Å²) in [6.45, 7) is -1.77. The summed E-state index contributed by atoms with van der Waals surface area (Å²) in [5, 5.41) is 56.8. The van der Waals surface area contributed by atoms with Crippen LogP contribution in [0.25, 0.3) is 0 Å².